The van der Waals surface area contributed by atoms with Crippen molar-refractivity contribution in [2.24, 2.45) is 11.0 Å². The lowest BCUT2D eigenvalue weighted by Crippen LogP contribution is -2.22. The number of hydrogen-bond acceptors (Lipinski definition) is 2. The van der Waals surface area contributed by atoms with Crippen LogP contribution < -0.4 is 5.43 Å². The minimum absolute atomic E-state index is 0.119. The van der Waals surface area contributed by atoms with Gasteiger partial charge in [-0.15, -0.1) is 0 Å². The van der Waals surface area contributed by atoms with Gasteiger partial charge in [-0.2, -0.15) is 5.10 Å². The third-order valence-corrected chi connectivity index (χ3v) is 3.90. The van der Waals surface area contributed by atoms with Crippen LogP contribution in [-0.4, -0.2) is 11.6 Å². The number of amides is 1. The molecule has 1 fully saturated rings. The summed E-state index contributed by atoms with van der Waals surface area (Å²) in [7, 11) is 0. The number of carbonyl (C=O) groups is 1. The van der Waals surface area contributed by atoms with Gasteiger partial charge >= 0.3 is 0 Å². The highest BCUT2D eigenvalue weighted by Crippen LogP contribution is 2.21. The van der Waals surface area contributed by atoms with E-state index in [9.17, 15) is 4.79 Å². The normalized spacial score (nSPS) is 21.2. The Bertz CT molecular complexity index is 488. The van der Waals surface area contributed by atoms with Crippen LogP contribution in [0.5, 0.6) is 0 Å². The molecule has 0 aliphatic heterocycles. The molecule has 108 valence electrons. The Labute approximate surface area is 121 Å². The Balaban J connectivity index is 1.96. The van der Waals surface area contributed by atoms with Crippen LogP contribution in [0, 0.1) is 5.92 Å². The molecule has 1 aromatic carbocycles. The van der Waals surface area contributed by atoms with Gasteiger partial charge in [-0.1, -0.05) is 32.9 Å². The van der Waals surface area contributed by atoms with Gasteiger partial charge in [-0.3, -0.25) is 4.79 Å². The van der Waals surface area contributed by atoms with Crippen LogP contribution in [0.3, 0.4) is 0 Å². The number of nitrogens with one attached hydrogen (secondary N) is 1. The van der Waals surface area contributed by atoms with E-state index in [1.165, 1.54) is 18.4 Å². The third-order valence-electron chi connectivity index (χ3n) is 3.90. The van der Waals surface area contributed by atoms with Crippen LogP contribution in [0.15, 0.2) is 29.4 Å². The highest BCUT2D eigenvalue weighted by Gasteiger charge is 2.14. The number of rotatable bonds is 3. The monoisotopic (exact) mass is 272 g/mol. The topological polar surface area (TPSA) is 41.5 Å². The van der Waals surface area contributed by atoms with Gasteiger partial charge in [0.25, 0.3) is 5.91 Å². The molecule has 1 aliphatic carbocycles. The van der Waals surface area contributed by atoms with Crippen LogP contribution in [0.4, 0.5) is 0 Å². The Kier molecular flexibility index (Phi) is 4.94. The third kappa shape index (κ3) is 3.92. The standard InChI is InChI=1S/C17H24N2O/c1-12(2)14-7-9-15(10-8-14)17(20)19-18-16-6-4-5-13(3)11-16/h7-10,12-13H,4-6,11H2,1-3H3,(H,19,20)/b18-16+. The van der Waals surface area contributed by atoms with Gasteiger partial charge in [0.05, 0.1) is 0 Å². The second kappa shape index (κ2) is 6.69. The van der Waals surface area contributed by atoms with E-state index in [2.05, 4.69) is 31.3 Å². The molecule has 3 nitrogen and oxygen atoms in total. The van der Waals surface area contributed by atoms with Crippen LogP contribution in [-0.2, 0) is 0 Å². The van der Waals surface area contributed by atoms with Gasteiger partial charge in [0, 0.05) is 11.3 Å². The van der Waals surface area contributed by atoms with Gasteiger partial charge < -0.3 is 0 Å². The minimum atomic E-state index is -0.119. The molecular formula is C17H24N2O. The lowest BCUT2D eigenvalue weighted by molar-refractivity contribution is 0.0954. The number of nitrogens with zero attached hydrogens (tertiary/aromatic N) is 1. The van der Waals surface area contributed by atoms with Gasteiger partial charge in [0.1, 0.15) is 0 Å². The van der Waals surface area contributed by atoms with Crippen molar-refractivity contribution >= 4 is 11.6 Å². The highest BCUT2D eigenvalue weighted by atomic mass is 16.2. The molecular weight excluding hydrogens is 248 g/mol. The SMILES string of the molecule is CC1CCC/C(=N\NC(=O)c2ccc(C(C)C)cc2)C1. The first-order chi connectivity index (χ1) is 9.56. The second-order valence-corrected chi connectivity index (χ2v) is 6.10. The maximum absolute atomic E-state index is 12.0. The summed E-state index contributed by atoms with van der Waals surface area (Å²) in [4.78, 5) is 12.0. The zero-order valence-electron chi connectivity index (χ0n) is 12.6. The quantitative estimate of drug-likeness (QED) is 0.827. The maximum Gasteiger partial charge on any atom is 0.271 e. The molecule has 0 aromatic heterocycles. The van der Waals surface area contributed by atoms with E-state index in [-0.39, 0.29) is 5.91 Å². The van der Waals surface area contributed by atoms with E-state index >= 15 is 0 Å². The first-order valence-electron chi connectivity index (χ1n) is 7.52. The van der Waals surface area contributed by atoms with Crippen LogP contribution in [0.1, 0.15) is 68.3 Å². The predicted octanol–water partition coefficient (Wildman–Crippen LogP) is 4.11. The van der Waals surface area contributed by atoms with E-state index in [1.807, 2.05) is 24.3 Å². The summed E-state index contributed by atoms with van der Waals surface area (Å²) in [5.41, 5.74) is 5.72. The molecule has 0 spiro atoms. The van der Waals surface area contributed by atoms with Crippen LogP contribution >= 0.6 is 0 Å². The number of benzene rings is 1. The van der Waals surface area contributed by atoms with Crippen molar-refractivity contribution in [2.75, 3.05) is 0 Å². The molecule has 0 bridgehead atoms. The predicted molar refractivity (Wildman–Crippen MR) is 83.1 cm³/mol. The zero-order valence-corrected chi connectivity index (χ0v) is 12.6. The molecule has 3 heteroatoms. The number of hydrogen-bond donors (Lipinski definition) is 1. The second-order valence-electron chi connectivity index (χ2n) is 6.10. The fraction of sp³-hybridized carbons (Fsp3) is 0.529. The lowest BCUT2D eigenvalue weighted by atomic mass is 9.89. The van der Waals surface area contributed by atoms with E-state index in [0.29, 0.717) is 17.4 Å². The molecule has 0 heterocycles. The van der Waals surface area contributed by atoms with Gasteiger partial charge in [-0.25, -0.2) is 5.43 Å². The van der Waals surface area contributed by atoms with Gasteiger partial charge in [0.2, 0.25) is 0 Å². The van der Waals surface area contributed by atoms with Crippen LogP contribution in [0.2, 0.25) is 0 Å². The Morgan fingerprint density at radius 2 is 2.00 bits per heavy atom. The summed E-state index contributed by atoms with van der Waals surface area (Å²) in [5.74, 6) is 1.05. The van der Waals surface area contributed by atoms with Gasteiger partial charge in [0.15, 0.2) is 0 Å². The molecule has 1 aliphatic rings. The zero-order chi connectivity index (χ0) is 14.5. The average molecular weight is 272 g/mol. The molecule has 20 heavy (non-hydrogen) atoms. The minimum Gasteiger partial charge on any atom is -0.267 e. The van der Waals surface area contributed by atoms with Crippen molar-refractivity contribution in [3.8, 4) is 0 Å². The molecule has 1 unspecified atom stereocenters. The number of carbonyl (C=O) groups excluding carboxylic acids is 1. The molecule has 2 rings (SSSR count). The van der Waals surface area contributed by atoms with Crippen molar-refractivity contribution < 1.29 is 4.79 Å². The van der Waals surface area contributed by atoms with E-state index in [1.54, 1.807) is 0 Å². The number of hydrazone groups is 1. The lowest BCUT2D eigenvalue weighted by Gasteiger charge is -2.18. The first-order valence-corrected chi connectivity index (χ1v) is 7.52. The molecule has 1 atom stereocenters. The van der Waals surface area contributed by atoms with Gasteiger partial charge in [-0.05, 0) is 55.2 Å². The first kappa shape index (κ1) is 14.8. The molecule has 1 saturated carbocycles. The highest BCUT2D eigenvalue weighted by molar-refractivity contribution is 5.95. The summed E-state index contributed by atoms with van der Waals surface area (Å²) >= 11 is 0. The summed E-state index contributed by atoms with van der Waals surface area (Å²) in [5, 5.41) is 4.28. The maximum atomic E-state index is 12.0. The van der Waals surface area contributed by atoms with E-state index < -0.39 is 0 Å². The Morgan fingerprint density at radius 3 is 2.60 bits per heavy atom. The van der Waals surface area contributed by atoms with Crippen molar-refractivity contribution in [3.63, 3.8) is 0 Å². The molecule has 1 amide bonds. The molecule has 1 N–H and O–H groups in total. The van der Waals surface area contributed by atoms with Crippen molar-refractivity contribution in [1.29, 1.82) is 0 Å². The molecule has 0 saturated heterocycles. The smallest absolute Gasteiger partial charge is 0.267 e. The largest absolute Gasteiger partial charge is 0.271 e. The Morgan fingerprint density at radius 1 is 1.30 bits per heavy atom. The fourth-order valence-electron chi connectivity index (χ4n) is 2.58. The summed E-state index contributed by atoms with van der Waals surface area (Å²) in [6.45, 7) is 6.53. The van der Waals surface area contributed by atoms with Crippen LogP contribution in [0.25, 0.3) is 0 Å². The molecule has 0 radical (unpaired) electrons. The average Bonchev–Trinajstić information content (AvgIpc) is 2.45. The van der Waals surface area contributed by atoms with Crippen molar-refractivity contribution in [1.82, 2.24) is 5.43 Å². The summed E-state index contributed by atoms with van der Waals surface area (Å²) in [6.07, 6.45) is 4.46. The van der Waals surface area contributed by atoms with E-state index in [0.717, 1.165) is 18.6 Å². The molecule has 1 aromatic rings. The van der Waals surface area contributed by atoms with Crippen molar-refractivity contribution in [3.05, 3.63) is 35.4 Å². The summed E-state index contributed by atoms with van der Waals surface area (Å²) < 4.78 is 0. The summed E-state index contributed by atoms with van der Waals surface area (Å²) in [6, 6.07) is 7.76. The Hall–Kier alpha value is -1.64. The van der Waals surface area contributed by atoms with Crippen molar-refractivity contribution in [2.45, 2.75) is 52.4 Å². The fourth-order valence-corrected chi connectivity index (χ4v) is 2.58. The van der Waals surface area contributed by atoms with E-state index in [4.69, 9.17) is 0 Å².